The molecule has 9 rings (SSSR count). The number of carboxylic acids is 3. The molecule has 0 heterocycles. The fourth-order valence-corrected chi connectivity index (χ4v) is 8.10. The summed E-state index contributed by atoms with van der Waals surface area (Å²) in [6.45, 7) is 0. The van der Waals surface area contributed by atoms with Gasteiger partial charge in [-0.25, -0.2) is 0 Å². The number of rotatable bonds is 3. The zero-order valence-corrected chi connectivity index (χ0v) is 32.5. The van der Waals surface area contributed by atoms with Crippen LogP contribution in [-0.2, 0) is 19.3 Å². The number of hydrogen-bond donors (Lipinski definition) is 0. The minimum atomic E-state index is -1.03. The van der Waals surface area contributed by atoms with Crippen molar-refractivity contribution in [2.24, 2.45) is 17.8 Å². The van der Waals surface area contributed by atoms with Crippen LogP contribution in [0.25, 0.3) is 0 Å². The largest absolute Gasteiger partial charge is 1.00 e. The quantitative estimate of drug-likeness (QED) is 0.266. The Bertz CT molecular complexity index is 1430. The molecule has 0 bridgehead atoms. The summed E-state index contributed by atoms with van der Waals surface area (Å²) in [5.41, 5.74) is 8.13. The third kappa shape index (κ3) is 7.55. The molecule has 0 radical (unpaired) electrons. The smallest absolute Gasteiger partial charge is 0.545 e. The van der Waals surface area contributed by atoms with Crippen LogP contribution in [0.4, 0.5) is 0 Å². The van der Waals surface area contributed by atoms with E-state index in [4.69, 9.17) is 0 Å². The molecule has 6 aliphatic rings. The number of carbonyl (C=O) groups excluding carboxylic acids is 3. The van der Waals surface area contributed by atoms with Crippen molar-refractivity contribution in [1.29, 1.82) is 0 Å². The second-order valence-electron chi connectivity index (χ2n) is 12.9. The third-order valence-electron chi connectivity index (χ3n) is 10.6. The summed E-state index contributed by atoms with van der Waals surface area (Å²) in [6, 6.07) is 16.7. The van der Waals surface area contributed by atoms with Gasteiger partial charge in [-0.3, -0.25) is 0 Å². The minimum Gasteiger partial charge on any atom is -0.545 e. The molecule has 0 amide bonds. The van der Waals surface area contributed by atoms with E-state index in [1.807, 2.05) is 18.2 Å². The Balaban J connectivity index is 0.000000149. The first-order valence-corrected chi connectivity index (χ1v) is 15.3. The number of carbonyl (C=O) groups is 3. The molecule has 3 aromatic carbocycles. The summed E-state index contributed by atoms with van der Waals surface area (Å²) >= 11 is 0. The van der Waals surface area contributed by atoms with Gasteiger partial charge in [-0.1, -0.05) is 54.6 Å². The molecule has 6 nitrogen and oxygen atoms in total. The molecule has 3 aromatic rings. The first-order valence-electron chi connectivity index (χ1n) is 15.3. The Morgan fingerprint density at radius 1 is 0.467 bits per heavy atom. The van der Waals surface area contributed by atoms with Gasteiger partial charge in [-0.05, 0) is 127 Å². The average Bonchev–Trinajstić information content (AvgIpc) is 3.86. The van der Waals surface area contributed by atoms with Crippen LogP contribution in [0.15, 0.2) is 54.6 Å². The SMILES string of the molecule is O=C([O-])c1cccc2c1CCC1CC21.O=C([O-])c1cccc2c1CCC1CC21.O=C([O-])c1cccc2c1CCC1CC21.[Na+].[Na+].[Na+]. The summed E-state index contributed by atoms with van der Waals surface area (Å²) in [6.07, 6.45) is 9.98. The molecule has 0 aliphatic heterocycles. The molecule has 0 spiro atoms. The van der Waals surface area contributed by atoms with E-state index >= 15 is 0 Å². The Morgan fingerprint density at radius 3 is 0.978 bits per heavy atom. The van der Waals surface area contributed by atoms with Crippen molar-refractivity contribution in [3.05, 3.63) is 105 Å². The molecule has 3 saturated carbocycles. The fourth-order valence-electron chi connectivity index (χ4n) is 8.10. The predicted octanol–water partition coefficient (Wildman–Crippen LogP) is -5.69. The molecule has 0 aromatic heterocycles. The second-order valence-corrected chi connectivity index (χ2v) is 12.9. The molecule has 3 fully saturated rings. The average molecular weight is 631 g/mol. The molecule has 216 valence electrons. The normalized spacial score (nSPS) is 25.9. The number of fused-ring (bicyclic) bond motifs is 9. The van der Waals surface area contributed by atoms with Crippen LogP contribution in [0.3, 0.4) is 0 Å². The van der Waals surface area contributed by atoms with Gasteiger partial charge in [-0.2, -0.15) is 0 Å². The molecular formula is C36H33Na3O6. The van der Waals surface area contributed by atoms with Crippen molar-refractivity contribution >= 4 is 17.9 Å². The third-order valence-corrected chi connectivity index (χ3v) is 10.6. The maximum atomic E-state index is 10.9. The van der Waals surface area contributed by atoms with E-state index in [9.17, 15) is 29.7 Å². The fraction of sp³-hybridized carbons (Fsp3) is 0.417. The molecule has 6 unspecified atom stereocenters. The van der Waals surface area contributed by atoms with Crippen molar-refractivity contribution < 1.29 is 118 Å². The zero-order chi connectivity index (χ0) is 29.1. The number of aromatic carboxylic acids is 3. The number of carboxylic acid groups (broad SMARTS) is 3. The molecule has 0 N–H and O–H groups in total. The summed E-state index contributed by atoms with van der Waals surface area (Å²) < 4.78 is 0. The van der Waals surface area contributed by atoms with Gasteiger partial charge in [0.25, 0.3) is 0 Å². The topological polar surface area (TPSA) is 120 Å². The maximum Gasteiger partial charge on any atom is 1.00 e. The Hall–Kier alpha value is -0.930. The Kier molecular flexibility index (Phi) is 12.4. The van der Waals surface area contributed by atoms with Gasteiger partial charge >= 0.3 is 88.7 Å². The summed E-state index contributed by atoms with van der Waals surface area (Å²) in [7, 11) is 0. The van der Waals surface area contributed by atoms with Gasteiger partial charge in [0, 0.05) is 16.7 Å². The summed E-state index contributed by atoms with van der Waals surface area (Å²) in [5, 5.41) is 32.6. The zero-order valence-electron chi connectivity index (χ0n) is 26.5. The second kappa shape index (κ2) is 15.1. The van der Waals surface area contributed by atoms with Crippen molar-refractivity contribution in [3.63, 3.8) is 0 Å². The number of hydrogen-bond acceptors (Lipinski definition) is 6. The van der Waals surface area contributed by atoms with E-state index in [0.29, 0.717) is 34.4 Å². The molecule has 6 aliphatic carbocycles. The molecular weight excluding hydrogens is 597 g/mol. The van der Waals surface area contributed by atoms with E-state index in [1.165, 1.54) is 36.0 Å². The summed E-state index contributed by atoms with van der Waals surface area (Å²) in [4.78, 5) is 32.6. The van der Waals surface area contributed by atoms with Crippen molar-refractivity contribution in [3.8, 4) is 0 Å². The van der Waals surface area contributed by atoms with E-state index in [2.05, 4.69) is 18.2 Å². The van der Waals surface area contributed by atoms with Crippen LogP contribution < -0.4 is 104 Å². The Labute approximate surface area is 330 Å². The van der Waals surface area contributed by atoms with Gasteiger partial charge in [-0.15, -0.1) is 0 Å². The first kappa shape index (κ1) is 36.9. The molecule has 6 atom stereocenters. The molecule has 45 heavy (non-hydrogen) atoms. The van der Waals surface area contributed by atoms with E-state index in [1.54, 1.807) is 18.2 Å². The van der Waals surface area contributed by atoms with Crippen molar-refractivity contribution in [1.82, 2.24) is 0 Å². The van der Waals surface area contributed by atoms with Gasteiger partial charge in [0.15, 0.2) is 0 Å². The maximum absolute atomic E-state index is 10.9. The van der Waals surface area contributed by atoms with Crippen LogP contribution in [0.2, 0.25) is 0 Å². The van der Waals surface area contributed by atoms with Gasteiger partial charge in [0.05, 0.1) is 17.9 Å². The van der Waals surface area contributed by atoms with Crippen LogP contribution >= 0.6 is 0 Å². The van der Waals surface area contributed by atoms with Gasteiger partial charge in [0.2, 0.25) is 0 Å². The van der Waals surface area contributed by atoms with Gasteiger partial charge in [0.1, 0.15) is 0 Å². The van der Waals surface area contributed by atoms with E-state index < -0.39 is 17.9 Å². The predicted molar refractivity (Wildman–Crippen MR) is 150 cm³/mol. The minimum absolute atomic E-state index is 0. The van der Waals surface area contributed by atoms with Crippen LogP contribution in [0.1, 0.15) is 121 Å². The number of benzene rings is 3. The first-order chi connectivity index (χ1) is 20.3. The monoisotopic (exact) mass is 630 g/mol. The summed E-state index contributed by atoms with van der Waals surface area (Å²) in [5.74, 6) is 1.37. The van der Waals surface area contributed by atoms with Crippen molar-refractivity contribution in [2.45, 2.75) is 75.5 Å². The Morgan fingerprint density at radius 2 is 0.733 bits per heavy atom. The van der Waals surface area contributed by atoms with Crippen molar-refractivity contribution in [2.75, 3.05) is 0 Å². The molecule has 9 heteroatoms. The van der Waals surface area contributed by atoms with Crippen LogP contribution in [0.5, 0.6) is 0 Å². The van der Waals surface area contributed by atoms with E-state index in [0.717, 1.165) is 73.0 Å². The van der Waals surface area contributed by atoms with Crippen LogP contribution in [-0.4, -0.2) is 17.9 Å². The van der Waals surface area contributed by atoms with E-state index in [-0.39, 0.29) is 88.7 Å². The standard InChI is InChI=1S/3C12H12O2.3Na/c3*13-12(14)10-3-1-2-8-9(10)5-4-7-6-11(7)8;;;/h3*1-3,7,11H,4-6H2,(H,13,14);;;/q;;;3*+1/p-3. The van der Waals surface area contributed by atoms with Crippen LogP contribution in [0, 0.1) is 17.8 Å². The van der Waals surface area contributed by atoms with Gasteiger partial charge < -0.3 is 29.7 Å². The molecule has 0 saturated heterocycles.